The van der Waals surface area contributed by atoms with E-state index >= 15 is 0 Å². The molecule has 1 aromatic rings. The van der Waals surface area contributed by atoms with Gasteiger partial charge < -0.3 is 5.73 Å². The van der Waals surface area contributed by atoms with Gasteiger partial charge in [0.05, 0.1) is 0 Å². The Morgan fingerprint density at radius 1 is 1.06 bits per heavy atom. The van der Waals surface area contributed by atoms with Crippen LogP contribution in [0.3, 0.4) is 0 Å². The van der Waals surface area contributed by atoms with Crippen molar-refractivity contribution in [2.24, 2.45) is 11.1 Å². The van der Waals surface area contributed by atoms with Crippen molar-refractivity contribution in [3.8, 4) is 0 Å². The highest BCUT2D eigenvalue weighted by Gasteiger charge is 2.48. The lowest BCUT2D eigenvalue weighted by Crippen LogP contribution is -2.44. The van der Waals surface area contributed by atoms with Crippen LogP contribution in [-0.2, 0) is 5.41 Å². The molecule has 0 unspecified atom stereocenters. The maximum atomic E-state index is 6.16. The molecule has 0 atom stereocenters. The Morgan fingerprint density at radius 2 is 1.72 bits per heavy atom. The Morgan fingerprint density at radius 3 is 2.28 bits per heavy atom. The third kappa shape index (κ3) is 1.98. The van der Waals surface area contributed by atoms with E-state index in [4.69, 9.17) is 17.3 Å². The molecule has 98 valence electrons. The van der Waals surface area contributed by atoms with Crippen LogP contribution >= 0.6 is 11.6 Å². The monoisotopic (exact) mass is 263 g/mol. The molecular formula is C16H22ClN. The molecule has 1 aromatic carbocycles. The molecule has 3 aliphatic rings. The van der Waals surface area contributed by atoms with Gasteiger partial charge in [0.25, 0.3) is 0 Å². The van der Waals surface area contributed by atoms with E-state index in [1.54, 1.807) is 0 Å². The van der Waals surface area contributed by atoms with E-state index in [1.807, 2.05) is 6.07 Å². The average molecular weight is 264 g/mol. The topological polar surface area (TPSA) is 26.0 Å². The highest BCUT2D eigenvalue weighted by Crippen LogP contribution is 2.58. The summed E-state index contributed by atoms with van der Waals surface area (Å²) in [5.74, 6) is 0. The van der Waals surface area contributed by atoms with E-state index in [0.29, 0.717) is 10.8 Å². The van der Waals surface area contributed by atoms with Gasteiger partial charge in [0.2, 0.25) is 0 Å². The first-order valence-corrected chi connectivity index (χ1v) is 7.52. The minimum absolute atomic E-state index is 0.418. The summed E-state index contributed by atoms with van der Waals surface area (Å²) < 4.78 is 0. The van der Waals surface area contributed by atoms with Gasteiger partial charge in [0.15, 0.2) is 0 Å². The Labute approximate surface area is 115 Å². The molecule has 3 saturated carbocycles. The van der Waals surface area contributed by atoms with Crippen LogP contribution in [0.2, 0.25) is 5.02 Å². The third-order valence-electron chi connectivity index (χ3n) is 5.51. The average Bonchev–Trinajstić information content (AvgIpc) is 2.41. The van der Waals surface area contributed by atoms with Gasteiger partial charge in [-0.3, -0.25) is 0 Å². The second-order valence-corrected chi connectivity index (χ2v) is 6.77. The molecule has 0 aliphatic heterocycles. The van der Waals surface area contributed by atoms with Gasteiger partial charge in [-0.05, 0) is 80.0 Å². The molecule has 0 amide bonds. The fourth-order valence-corrected chi connectivity index (χ4v) is 4.39. The Bertz CT molecular complexity index is 416. The molecule has 0 aromatic heterocycles. The quantitative estimate of drug-likeness (QED) is 0.865. The van der Waals surface area contributed by atoms with E-state index in [1.165, 1.54) is 50.5 Å². The molecule has 2 N–H and O–H groups in total. The Hall–Kier alpha value is -0.530. The van der Waals surface area contributed by atoms with Gasteiger partial charge >= 0.3 is 0 Å². The highest BCUT2D eigenvalue weighted by molar-refractivity contribution is 6.30. The van der Waals surface area contributed by atoms with Crippen molar-refractivity contribution in [1.82, 2.24) is 0 Å². The summed E-state index contributed by atoms with van der Waals surface area (Å²) in [6, 6.07) is 8.53. The summed E-state index contributed by atoms with van der Waals surface area (Å²) in [5, 5.41) is 0.881. The van der Waals surface area contributed by atoms with Crippen molar-refractivity contribution in [2.45, 2.75) is 50.4 Å². The number of rotatable bonds is 3. The van der Waals surface area contributed by atoms with Crippen molar-refractivity contribution in [1.29, 1.82) is 0 Å². The van der Waals surface area contributed by atoms with E-state index < -0.39 is 0 Å². The molecule has 2 bridgehead atoms. The number of nitrogens with two attached hydrogens (primary N) is 1. The largest absolute Gasteiger partial charge is 0.330 e. The minimum Gasteiger partial charge on any atom is -0.330 e. The normalized spacial score (nSPS) is 34.8. The first kappa shape index (κ1) is 12.5. The van der Waals surface area contributed by atoms with E-state index in [0.717, 1.165) is 11.6 Å². The maximum absolute atomic E-state index is 6.16. The van der Waals surface area contributed by atoms with E-state index in [9.17, 15) is 0 Å². The van der Waals surface area contributed by atoms with Gasteiger partial charge in [0, 0.05) is 5.02 Å². The second-order valence-electron chi connectivity index (χ2n) is 6.33. The molecule has 2 heteroatoms. The smallest absolute Gasteiger partial charge is 0.0408 e. The highest BCUT2D eigenvalue weighted by atomic mass is 35.5. The maximum Gasteiger partial charge on any atom is 0.0408 e. The van der Waals surface area contributed by atoms with Crippen molar-refractivity contribution >= 4 is 11.6 Å². The SMILES string of the molecule is NCCC12CCC(c3cccc(Cl)c3)(CC1)CC2. The zero-order valence-corrected chi connectivity index (χ0v) is 11.7. The van der Waals surface area contributed by atoms with Gasteiger partial charge in [-0.2, -0.15) is 0 Å². The van der Waals surface area contributed by atoms with Crippen LogP contribution in [0.1, 0.15) is 50.5 Å². The number of benzene rings is 1. The standard InChI is InChI=1S/C16H22ClN/c17-14-3-1-2-13(12-14)16-7-4-15(5-8-16,6-9-16)10-11-18/h1-3,12H,4-11,18H2. The van der Waals surface area contributed by atoms with E-state index in [-0.39, 0.29) is 0 Å². The molecule has 18 heavy (non-hydrogen) atoms. The third-order valence-corrected chi connectivity index (χ3v) is 5.75. The van der Waals surface area contributed by atoms with Crippen molar-refractivity contribution in [3.63, 3.8) is 0 Å². The molecule has 0 heterocycles. The lowest BCUT2D eigenvalue weighted by Gasteiger charge is -2.54. The molecule has 0 saturated heterocycles. The lowest BCUT2D eigenvalue weighted by molar-refractivity contribution is 0.0346. The molecule has 3 fully saturated rings. The number of hydrogen-bond donors (Lipinski definition) is 1. The van der Waals surface area contributed by atoms with Crippen molar-refractivity contribution < 1.29 is 0 Å². The molecule has 0 radical (unpaired) electrons. The van der Waals surface area contributed by atoms with Crippen LogP contribution in [-0.4, -0.2) is 6.54 Å². The Kier molecular flexibility index (Phi) is 3.15. The zero-order valence-electron chi connectivity index (χ0n) is 10.9. The van der Waals surface area contributed by atoms with Crippen molar-refractivity contribution in [2.75, 3.05) is 6.54 Å². The van der Waals surface area contributed by atoms with Crippen LogP contribution in [0.15, 0.2) is 24.3 Å². The van der Waals surface area contributed by atoms with E-state index in [2.05, 4.69) is 18.2 Å². The minimum atomic E-state index is 0.418. The van der Waals surface area contributed by atoms with Gasteiger partial charge in [-0.15, -0.1) is 0 Å². The predicted octanol–water partition coefficient (Wildman–Crippen LogP) is 4.28. The van der Waals surface area contributed by atoms with Crippen LogP contribution in [0.25, 0.3) is 0 Å². The van der Waals surface area contributed by atoms with Crippen LogP contribution < -0.4 is 5.73 Å². The summed E-state index contributed by atoms with van der Waals surface area (Å²) in [5.41, 5.74) is 8.25. The molecule has 4 rings (SSSR count). The van der Waals surface area contributed by atoms with Crippen LogP contribution in [0, 0.1) is 5.41 Å². The Balaban J connectivity index is 1.84. The van der Waals surface area contributed by atoms with Gasteiger partial charge in [0.1, 0.15) is 0 Å². The summed E-state index contributed by atoms with van der Waals surface area (Å²) in [6.45, 7) is 0.851. The summed E-state index contributed by atoms with van der Waals surface area (Å²) in [7, 11) is 0. The number of hydrogen-bond acceptors (Lipinski definition) is 1. The second kappa shape index (κ2) is 4.54. The molecule has 0 spiro atoms. The summed E-state index contributed by atoms with van der Waals surface area (Å²) >= 11 is 6.16. The summed E-state index contributed by atoms with van der Waals surface area (Å²) in [6.07, 6.45) is 9.27. The fraction of sp³-hybridized carbons (Fsp3) is 0.625. The van der Waals surface area contributed by atoms with Crippen LogP contribution in [0.4, 0.5) is 0 Å². The zero-order chi connectivity index (χ0) is 12.6. The first-order chi connectivity index (χ1) is 8.68. The number of fused-ring (bicyclic) bond motifs is 3. The van der Waals surface area contributed by atoms with Gasteiger partial charge in [-0.25, -0.2) is 0 Å². The van der Waals surface area contributed by atoms with Crippen molar-refractivity contribution in [3.05, 3.63) is 34.9 Å². The van der Waals surface area contributed by atoms with Gasteiger partial charge in [-0.1, -0.05) is 23.7 Å². The summed E-state index contributed by atoms with van der Waals surface area (Å²) in [4.78, 5) is 0. The molecular weight excluding hydrogens is 242 g/mol. The molecule has 3 aliphatic carbocycles. The first-order valence-electron chi connectivity index (χ1n) is 7.14. The predicted molar refractivity (Wildman–Crippen MR) is 76.9 cm³/mol. The lowest BCUT2D eigenvalue weighted by atomic mass is 9.51. The van der Waals surface area contributed by atoms with Crippen LogP contribution in [0.5, 0.6) is 0 Å². The fourth-order valence-electron chi connectivity index (χ4n) is 4.20. The number of halogens is 1. The molecule has 1 nitrogen and oxygen atoms in total.